The lowest BCUT2D eigenvalue weighted by Crippen LogP contribution is -2.18. The van der Waals surface area contributed by atoms with Gasteiger partial charge in [0.15, 0.2) is 6.61 Å². The van der Waals surface area contributed by atoms with E-state index >= 15 is 0 Å². The molecule has 0 aliphatic rings. The predicted molar refractivity (Wildman–Crippen MR) is 120 cm³/mol. The molecule has 1 heterocycles. The number of carbonyl (C=O) groups is 3. The second kappa shape index (κ2) is 10.2. The summed E-state index contributed by atoms with van der Waals surface area (Å²) >= 11 is 5.94. The fourth-order valence-corrected chi connectivity index (χ4v) is 3.45. The minimum absolute atomic E-state index is 0.0373. The second-order valence-electron chi connectivity index (χ2n) is 6.90. The average Bonchev–Trinajstić information content (AvgIpc) is 3.06. The van der Waals surface area contributed by atoms with Gasteiger partial charge in [-0.2, -0.15) is 0 Å². The lowest BCUT2D eigenvalue weighted by atomic mass is 10.1. The first-order valence-corrected chi connectivity index (χ1v) is 10.1. The highest BCUT2D eigenvalue weighted by atomic mass is 35.5. The van der Waals surface area contributed by atoms with Gasteiger partial charge in [-0.05, 0) is 55.0 Å². The standard InChI is InChI=1S/C24H22ClNO6/c1-4-11-31-23(28)14-32-22(27)13-19-15(2)26(21-10-9-18(30-3)12-20(19)21)24(29)16-5-7-17(25)8-6-16/h4-10,12H,1,11,13-14H2,2-3H3. The molecule has 0 amide bonds. The van der Waals surface area contributed by atoms with E-state index in [-0.39, 0.29) is 18.9 Å². The summed E-state index contributed by atoms with van der Waals surface area (Å²) < 4.78 is 16.7. The third-order valence-corrected chi connectivity index (χ3v) is 5.12. The zero-order chi connectivity index (χ0) is 23.3. The Balaban J connectivity index is 1.95. The predicted octanol–water partition coefficient (Wildman–Crippen LogP) is 4.12. The minimum atomic E-state index is -0.669. The Hall–Kier alpha value is -3.58. The van der Waals surface area contributed by atoms with Gasteiger partial charge in [0.1, 0.15) is 12.4 Å². The van der Waals surface area contributed by atoms with Crippen LogP contribution in [0.15, 0.2) is 55.1 Å². The molecule has 32 heavy (non-hydrogen) atoms. The van der Waals surface area contributed by atoms with Crippen molar-refractivity contribution in [1.29, 1.82) is 0 Å². The van der Waals surface area contributed by atoms with Crippen molar-refractivity contribution in [2.45, 2.75) is 13.3 Å². The molecule has 3 rings (SSSR count). The van der Waals surface area contributed by atoms with Crippen LogP contribution in [0.25, 0.3) is 10.9 Å². The highest BCUT2D eigenvalue weighted by Crippen LogP contribution is 2.31. The maximum absolute atomic E-state index is 13.3. The third kappa shape index (κ3) is 5.00. The van der Waals surface area contributed by atoms with E-state index in [1.165, 1.54) is 13.2 Å². The first-order chi connectivity index (χ1) is 15.3. The van der Waals surface area contributed by atoms with Crippen LogP contribution in [0.1, 0.15) is 21.6 Å². The molecule has 8 heteroatoms. The van der Waals surface area contributed by atoms with E-state index in [0.29, 0.717) is 38.5 Å². The molecular formula is C24H22ClNO6. The number of halogens is 1. The van der Waals surface area contributed by atoms with Crippen molar-refractivity contribution in [2.24, 2.45) is 0 Å². The van der Waals surface area contributed by atoms with Crippen molar-refractivity contribution in [2.75, 3.05) is 20.3 Å². The molecule has 0 aliphatic heterocycles. The van der Waals surface area contributed by atoms with Gasteiger partial charge in [-0.25, -0.2) is 4.79 Å². The van der Waals surface area contributed by atoms with Crippen LogP contribution in [0.4, 0.5) is 0 Å². The van der Waals surface area contributed by atoms with Gasteiger partial charge in [-0.3, -0.25) is 14.2 Å². The normalized spacial score (nSPS) is 10.6. The Morgan fingerprint density at radius 2 is 1.78 bits per heavy atom. The Kier molecular flexibility index (Phi) is 7.33. The van der Waals surface area contributed by atoms with Crippen molar-refractivity contribution in [3.63, 3.8) is 0 Å². The Labute approximate surface area is 190 Å². The van der Waals surface area contributed by atoms with E-state index in [4.69, 9.17) is 25.8 Å². The molecule has 0 unspecified atom stereocenters. The smallest absolute Gasteiger partial charge is 0.344 e. The quantitative estimate of drug-likeness (QED) is 0.375. The summed E-state index contributed by atoms with van der Waals surface area (Å²) in [5, 5.41) is 1.20. The van der Waals surface area contributed by atoms with Crippen LogP contribution in [-0.4, -0.2) is 42.7 Å². The molecule has 3 aromatic rings. The number of carbonyl (C=O) groups excluding carboxylic acids is 3. The first kappa shape index (κ1) is 23.1. The van der Waals surface area contributed by atoms with Crippen LogP contribution in [-0.2, 0) is 25.5 Å². The fraction of sp³-hybridized carbons (Fsp3) is 0.208. The van der Waals surface area contributed by atoms with Crippen molar-refractivity contribution in [3.8, 4) is 5.75 Å². The van der Waals surface area contributed by atoms with E-state index in [9.17, 15) is 14.4 Å². The average molecular weight is 456 g/mol. The second-order valence-corrected chi connectivity index (χ2v) is 7.34. The van der Waals surface area contributed by atoms with Crippen LogP contribution >= 0.6 is 11.6 Å². The highest BCUT2D eigenvalue weighted by molar-refractivity contribution is 6.30. The number of aromatic nitrogens is 1. The Bertz CT molecular complexity index is 1180. The summed E-state index contributed by atoms with van der Waals surface area (Å²) in [6.07, 6.45) is 1.29. The lowest BCUT2D eigenvalue weighted by molar-refractivity contribution is -0.157. The molecule has 0 aliphatic carbocycles. The summed E-state index contributed by atoms with van der Waals surface area (Å²) in [6.45, 7) is 4.73. The molecule has 0 radical (unpaired) electrons. The molecule has 0 atom stereocenters. The molecule has 2 aromatic carbocycles. The molecule has 0 fully saturated rings. The molecule has 0 bridgehead atoms. The zero-order valence-electron chi connectivity index (χ0n) is 17.7. The molecule has 0 spiro atoms. The number of benzene rings is 2. The van der Waals surface area contributed by atoms with Gasteiger partial charge in [-0.1, -0.05) is 24.3 Å². The van der Waals surface area contributed by atoms with Gasteiger partial charge in [0.25, 0.3) is 5.91 Å². The molecule has 0 saturated carbocycles. The van der Waals surface area contributed by atoms with Gasteiger partial charge < -0.3 is 14.2 Å². The molecular weight excluding hydrogens is 434 g/mol. The molecule has 7 nitrogen and oxygen atoms in total. The van der Waals surface area contributed by atoms with Gasteiger partial charge in [0.2, 0.25) is 0 Å². The maximum atomic E-state index is 13.3. The number of nitrogens with zero attached hydrogens (tertiary/aromatic N) is 1. The molecule has 0 N–H and O–H groups in total. The van der Waals surface area contributed by atoms with Crippen molar-refractivity contribution < 1.29 is 28.6 Å². The molecule has 166 valence electrons. The largest absolute Gasteiger partial charge is 0.497 e. The van der Waals surface area contributed by atoms with E-state index in [0.717, 1.165) is 0 Å². The number of rotatable bonds is 8. The van der Waals surface area contributed by atoms with Gasteiger partial charge in [0, 0.05) is 21.7 Å². The number of hydrogen-bond acceptors (Lipinski definition) is 6. The SMILES string of the molecule is C=CCOC(=O)COC(=O)Cc1c(C)n(C(=O)c2ccc(Cl)cc2)c2ccc(OC)cc12. The number of esters is 2. The number of ether oxygens (including phenoxy) is 3. The summed E-state index contributed by atoms with van der Waals surface area (Å²) in [5.41, 5.74) is 2.26. The lowest BCUT2D eigenvalue weighted by Gasteiger charge is -2.08. The van der Waals surface area contributed by atoms with E-state index < -0.39 is 18.5 Å². The first-order valence-electron chi connectivity index (χ1n) is 9.76. The van der Waals surface area contributed by atoms with E-state index in [1.807, 2.05) is 0 Å². The number of hydrogen-bond donors (Lipinski definition) is 0. The van der Waals surface area contributed by atoms with E-state index in [1.54, 1.807) is 54.0 Å². The van der Waals surface area contributed by atoms with Crippen molar-refractivity contribution in [3.05, 3.63) is 77.0 Å². The summed E-state index contributed by atoms with van der Waals surface area (Å²) in [7, 11) is 1.53. The highest BCUT2D eigenvalue weighted by Gasteiger charge is 2.23. The van der Waals surface area contributed by atoms with Crippen LogP contribution < -0.4 is 4.74 Å². The molecule has 1 aromatic heterocycles. The minimum Gasteiger partial charge on any atom is -0.497 e. The Morgan fingerprint density at radius 1 is 1.06 bits per heavy atom. The van der Waals surface area contributed by atoms with Crippen LogP contribution in [0.2, 0.25) is 5.02 Å². The Morgan fingerprint density at radius 3 is 2.44 bits per heavy atom. The summed E-state index contributed by atoms with van der Waals surface area (Å²) in [4.78, 5) is 37.3. The number of methoxy groups -OCH3 is 1. The number of fused-ring (bicyclic) bond motifs is 1. The summed E-state index contributed by atoms with van der Waals surface area (Å²) in [6, 6.07) is 11.8. The third-order valence-electron chi connectivity index (χ3n) is 4.87. The van der Waals surface area contributed by atoms with Crippen molar-refractivity contribution >= 4 is 40.3 Å². The zero-order valence-corrected chi connectivity index (χ0v) is 18.5. The van der Waals surface area contributed by atoms with Crippen molar-refractivity contribution in [1.82, 2.24) is 4.57 Å². The van der Waals surface area contributed by atoms with E-state index in [2.05, 4.69) is 6.58 Å². The monoisotopic (exact) mass is 455 g/mol. The van der Waals surface area contributed by atoms with Crippen LogP contribution in [0, 0.1) is 6.92 Å². The topological polar surface area (TPSA) is 83.8 Å². The van der Waals surface area contributed by atoms with Crippen LogP contribution in [0.5, 0.6) is 5.75 Å². The fourth-order valence-electron chi connectivity index (χ4n) is 3.32. The maximum Gasteiger partial charge on any atom is 0.344 e. The van der Waals surface area contributed by atoms with Crippen LogP contribution in [0.3, 0.4) is 0 Å². The van der Waals surface area contributed by atoms with Gasteiger partial charge >= 0.3 is 11.9 Å². The van der Waals surface area contributed by atoms with Gasteiger partial charge in [-0.15, -0.1) is 0 Å². The van der Waals surface area contributed by atoms with Gasteiger partial charge in [0.05, 0.1) is 19.0 Å². The molecule has 0 saturated heterocycles. The summed E-state index contributed by atoms with van der Waals surface area (Å²) in [5.74, 6) is -0.973.